The van der Waals surface area contributed by atoms with Crippen LogP contribution in [0.5, 0.6) is 17.2 Å². The smallest absolute Gasteiger partial charge is 0.308 e. The highest BCUT2D eigenvalue weighted by Gasteiger charge is 2.40. The fourth-order valence-electron chi connectivity index (χ4n) is 3.08. The summed E-state index contributed by atoms with van der Waals surface area (Å²) in [6, 6.07) is 7.59. The van der Waals surface area contributed by atoms with E-state index in [1.165, 1.54) is 24.3 Å². The van der Waals surface area contributed by atoms with E-state index < -0.39 is 34.8 Å². The topological polar surface area (TPSA) is 134 Å². The highest BCUT2D eigenvalue weighted by atomic mass is 16.5. The van der Waals surface area contributed by atoms with Crippen LogP contribution in [0.2, 0.25) is 0 Å². The van der Waals surface area contributed by atoms with Gasteiger partial charge in [-0.3, -0.25) is 14.4 Å². The largest absolute Gasteiger partial charge is 0.508 e. The molecule has 0 atom stereocenters. The number of benzene rings is 2. The highest BCUT2D eigenvalue weighted by Crippen LogP contribution is 2.41. The number of fused-ring (bicyclic) bond motifs is 3. The number of carbonyl (C=O) groups is 3. The molecule has 2 aromatic carbocycles. The van der Waals surface area contributed by atoms with Crippen molar-refractivity contribution in [2.75, 3.05) is 0 Å². The van der Waals surface area contributed by atoms with Crippen molar-refractivity contribution in [3.8, 4) is 17.2 Å². The van der Waals surface area contributed by atoms with Crippen LogP contribution in [-0.4, -0.2) is 32.9 Å². The minimum Gasteiger partial charge on any atom is -0.508 e. The Morgan fingerprint density at radius 1 is 0.964 bits per heavy atom. The molecule has 1 heterocycles. The lowest BCUT2D eigenvalue weighted by Crippen LogP contribution is -2.23. The molecule has 0 spiro atoms. The second kappa shape index (κ2) is 5.98. The Labute approximate surface area is 156 Å². The SMILES string of the molecule is CC(=O)OC1=C(c2ccc(O)cc2)C(=O)c2oc3cc(O)c(O)cc3c2C1=O. The van der Waals surface area contributed by atoms with Crippen LogP contribution in [0.3, 0.4) is 0 Å². The van der Waals surface area contributed by atoms with Crippen LogP contribution in [0.4, 0.5) is 0 Å². The fraction of sp³-hybridized carbons (Fsp3) is 0.0500. The highest BCUT2D eigenvalue weighted by molar-refractivity contribution is 6.41. The molecule has 1 aromatic heterocycles. The first-order valence-corrected chi connectivity index (χ1v) is 8.08. The van der Waals surface area contributed by atoms with Gasteiger partial charge in [0.15, 0.2) is 23.0 Å². The van der Waals surface area contributed by atoms with Crippen LogP contribution >= 0.6 is 0 Å². The molecule has 140 valence electrons. The van der Waals surface area contributed by atoms with E-state index in [0.717, 1.165) is 19.1 Å². The molecule has 4 rings (SSSR count). The third-order valence-corrected chi connectivity index (χ3v) is 4.28. The maximum Gasteiger partial charge on any atom is 0.308 e. The van der Waals surface area contributed by atoms with Crippen LogP contribution in [0.1, 0.15) is 33.4 Å². The predicted molar refractivity (Wildman–Crippen MR) is 95.0 cm³/mol. The molecule has 0 radical (unpaired) electrons. The Balaban J connectivity index is 2.01. The third kappa shape index (κ3) is 2.50. The molecule has 8 heteroatoms. The summed E-state index contributed by atoms with van der Waals surface area (Å²) in [5, 5.41) is 29.0. The Kier molecular flexibility index (Phi) is 3.71. The summed E-state index contributed by atoms with van der Waals surface area (Å²) in [5.74, 6) is -4.12. The monoisotopic (exact) mass is 380 g/mol. The van der Waals surface area contributed by atoms with Crippen molar-refractivity contribution in [3.05, 3.63) is 59.0 Å². The summed E-state index contributed by atoms with van der Waals surface area (Å²) in [6.07, 6.45) is 0. The van der Waals surface area contributed by atoms with Crippen LogP contribution < -0.4 is 0 Å². The number of allylic oxidation sites excluding steroid dienone is 2. The average Bonchev–Trinajstić information content (AvgIpc) is 3.00. The van der Waals surface area contributed by atoms with Gasteiger partial charge in [-0.25, -0.2) is 0 Å². The molecular weight excluding hydrogens is 368 g/mol. The van der Waals surface area contributed by atoms with Gasteiger partial charge in [0.25, 0.3) is 0 Å². The lowest BCUT2D eigenvalue weighted by Gasteiger charge is -2.17. The number of ether oxygens (including phenoxy) is 1. The number of phenolic OH excluding ortho intramolecular Hbond substituents is 3. The standard InChI is InChI=1S/C20H12O8/c1-8(21)27-19-15(9-2-4-10(22)5-3-9)17(25)20-16(18(19)26)11-6-12(23)13(24)7-14(11)28-20/h2-7,22-24H,1H3. The molecule has 0 saturated carbocycles. The first-order chi connectivity index (χ1) is 13.3. The van der Waals surface area contributed by atoms with Crippen molar-refractivity contribution >= 4 is 34.1 Å². The van der Waals surface area contributed by atoms with E-state index in [-0.39, 0.29) is 39.2 Å². The first-order valence-electron chi connectivity index (χ1n) is 8.08. The van der Waals surface area contributed by atoms with E-state index in [4.69, 9.17) is 9.15 Å². The van der Waals surface area contributed by atoms with Gasteiger partial charge in [-0.1, -0.05) is 12.1 Å². The number of Topliss-reactive ketones (excluding diaryl/α,β-unsaturated/α-hetero) is 2. The van der Waals surface area contributed by atoms with Gasteiger partial charge < -0.3 is 24.5 Å². The summed E-state index contributed by atoms with van der Waals surface area (Å²) < 4.78 is 10.5. The number of esters is 1. The number of carbonyl (C=O) groups excluding carboxylic acids is 3. The summed E-state index contributed by atoms with van der Waals surface area (Å²) in [6.45, 7) is 1.09. The molecule has 1 aliphatic carbocycles. The van der Waals surface area contributed by atoms with Gasteiger partial charge in [-0.05, 0) is 23.8 Å². The number of phenols is 3. The Morgan fingerprint density at radius 3 is 2.25 bits per heavy atom. The van der Waals surface area contributed by atoms with Gasteiger partial charge in [0, 0.05) is 18.4 Å². The molecule has 28 heavy (non-hydrogen) atoms. The summed E-state index contributed by atoms with van der Waals surface area (Å²) in [7, 11) is 0. The van der Waals surface area contributed by atoms with E-state index in [9.17, 15) is 29.7 Å². The molecule has 0 aliphatic heterocycles. The number of hydrogen-bond donors (Lipinski definition) is 3. The van der Waals surface area contributed by atoms with Crippen molar-refractivity contribution < 1.29 is 38.9 Å². The van der Waals surface area contributed by atoms with Crippen LogP contribution in [-0.2, 0) is 9.53 Å². The average molecular weight is 380 g/mol. The van der Waals surface area contributed by atoms with E-state index in [1.54, 1.807) is 0 Å². The molecule has 1 aliphatic rings. The Bertz CT molecular complexity index is 1210. The lowest BCUT2D eigenvalue weighted by atomic mass is 9.88. The molecule has 3 aromatic rings. The van der Waals surface area contributed by atoms with Gasteiger partial charge in [0.05, 0.1) is 11.1 Å². The van der Waals surface area contributed by atoms with Crippen molar-refractivity contribution in [2.45, 2.75) is 6.92 Å². The van der Waals surface area contributed by atoms with E-state index >= 15 is 0 Å². The van der Waals surface area contributed by atoms with Crippen molar-refractivity contribution in [2.24, 2.45) is 0 Å². The Morgan fingerprint density at radius 2 is 1.61 bits per heavy atom. The zero-order valence-electron chi connectivity index (χ0n) is 14.3. The second-order valence-electron chi connectivity index (χ2n) is 6.15. The minimum atomic E-state index is -0.802. The maximum atomic E-state index is 13.1. The summed E-state index contributed by atoms with van der Waals surface area (Å²) in [4.78, 5) is 37.7. The molecule has 0 amide bonds. The van der Waals surface area contributed by atoms with Crippen LogP contribution in [0.25, 0.3) is 16.5 Å². The van der Waals surface area contributed by atoms with Gasteiger partial charge in [-0.2, -0.15) is 0 Å². The van der Waals surface area contributed by atoms with Gasteiger partial charge in [0.1, 0.15) is 11.3 Å². The molecule has 8 nitrogen and oxygen atoms in total. The molecule has 0 saturated heterocycles. The fourth-order valence-corrected chi connectivity index (χ4v) is 3.08. The zero-order chi connectivity index (χ0) is 20.2. The molecule has 3 N–H and O–H groups in total. The van der Waals surface area contributed by atoms with E-state index in [0.29, 0.717) is 0 Å². The molecular formula is C20H12O8. The molecule has 0 fully saturated rings. The van der Waals surface area contributed by atoms with E-state index in [1.807, 2.05) is 0 Å². The van der Waals surface area contributed by atoms with E-state index in [2.05, 4.69) is 0 Å². The van der Waals surface area contributed by atoms with Gasteiger partial charge >= 0.3 is 5.97 Å². The number of rotatable bonds is 2. The van der Waals surface area contributed by atoms with Gasteiger partial charge in [0.2, 0.25) is 11.6 Å². The van der Waals surface area contributed by atoms with Crippen LogP contribution in [0.15, 0.2) is 46.6 Å². The minimum absolute atomic E-state index is 0.0103. The first kappa shape index (κ1) is 17.3. The molecule has 0 unspecified atom stereocenters. The number of aromatic hydroxyl groups is 3. The number of hydrogen-bond acceptors (Lipinski definition) is 8. The quantitative estimate of drug-likeness (QED) is 0.456. The van der Waals surface area contributed by atoms with Crippen molar-refractivity contribution in [3.63, 3.8) is 0 Å². The summed E-state index contributed by atoms with van der Waals surface area (Å²) in [5.41, 5.74) is -0.116. The number of ketones is 2. The normalized spacial score (nSPS) is 13.8. The third-order valence-electron chi connectivity index (χ3n) is 4.28. The van der Waals surface area contributed by atoms with Gasteiger partial charge in [-0.15, -0.1) is 0 Å². The number of furan rings is 1. The van der Waals surface area contributed by atoms with Crippen molar-refractivity contribution in [1.82, 2.24) is 0 Å². The lowest BCUT2D eigenvalue weighted by molar-refractivity contribution is -0.136. The van der Waals surface area contributed by atoms with Crippen molar-refractivity contribution in [1.29, 1.82) is 0 Å². The predicted octanol–water partition coefficient (Wildman–Crippen LogP) is 2.90. The molecule has 0 bridgehead atoms. The second-order valence-corrected chi connectivity index (χ2v) is 6.15. The Hall–Kier alpha value is -4.07. The van der Waals surface area contributed by atoms with Crippen LogP contribution in [0, 0.1) is 0 Å². The summed E-state index contributed by atoms with van der Waals surface area (Å²) >= 11 is 0. The maximum absolute atomic E-state index is 13.1. The zero-order valence-corrected chi connectivity index (χ0v) is 14.3.